The highest BCUT2D eigenvalue weighted by Gasteiger charge is 2.61. The number of sulfonamides is 1. The predicted octanol–water partition coefficient (Wildman–Crippen LogP) is 1.68. The van der Waals surface area contributed by atoms with E-state index in [1.165, 1.54) is 0 Å². The van der Waals surface area contributed by atoms with Crippen molar-refractivity contribution in [3.05, 3.63) is 42.1 Å². The molecule has 3 N–H and O–H groups in total. The van der Waals surface area contributed by atoms with Gasteiger partial charge in [-0.3, -0.25) is 14.3 Å². The third-order valence-electron chi connectivity index (χ3n) is 6.91. The standard InChI is InChI=1S/C24H27ClN4O6S/c1-3-14-11-24(14,23(31)29-36(32,33)17-5-6-17)28-21(30)19-10-16(12-26-19)35-22-18-7-4-15(34-2)8-13(18)9-20(25)27-22/h3-4,7-9,14,16-17,19,26H,1,5-6,10-12H2,2H3,(H,28,30)(H,29,31)/t14-,16-,19+,24-/m1/s1. The number of nitrogens with one attached hydrogen (secondary N) is 3. The average Bonchev–Trinajstić information content (AvgIpc) is 3.76. The van der Waals surface area contributed by atoms with Gasteiger partial charge in [-0.25, -0.2) is 13.4 Å². The van der Waals surface area contributed by atoms with Gasteiger partial charge in [-0.05, 0) is 48.9 Å². The topological polar surface area (TPSA) is 136 Å². The van der Waals surface area contributed by atoms with Gasteiger partial charge in [0.25, 0.3) is 5.91 Å². The van der Waals surface area contributed by atoms with Crippen molar-refractivity contribution in [1.29, 1.82) is 0 Å². The molecule has 36 heavy (non-hydrogen) atoms. The van der Waals surface area contributed by atoms with E-state index in [1.54, 1.807) is 25.3 Å². The fraction of sp³-hybridized carbons (Fsp3) is 0.458. The molecule has 0 radical (unpaired) electrons. The maximum absolute atomic E-state index is 13.1. The van der Waals surface area contributed by atoms with Crippen molar-refractivity contribution in [1.82, 2.24) is 20.3 Å². The van der Waals surface area contributed by atoms with Gasteiger partial charge < -0.3 is 20.1 Å². The van der Waals surface area contributed by atoms with Crippen LogP contribution >= 0.6 is 11.6 Å². The number of methoxy groups -OCH3 is 1. The third-order valence-corrected chi connectivity index (χ3v) is 8.92. The second kappa shape index (κ2) is 9.20. The Hall–Kier alpha value is -2.89. The second-order valence-corrected chi connectivity index (χ2v) is 11.8. The zero-order valence-electron chi connectivity index (χ0n) is 19.6. The Morgan fingerprint density at radius 1 is 1.31 bits per heavy atom. The molecule has 12 heteroatoms. The highest BCUT2D eigenvalue weighted by atomic mass is 35.5. The summed E-state index contributed by atoms with van der Waals surface area (Å²) in [5.74, 6) is -0.441. The Bertz CT molecular complexity index is 1350. The lowest BCUT2D eigenvalue weighted by atomic mass is 10.1. The lowest BCUT2D eigenvalue weighted by Crippen LogP contribution is -2.55. The van der Waals surface area contributed by atoms with Crippen LogP contribution in [0.15, 0.2) is 36.9 Å². The fourth-order valence-electron chi connectivity index (χ4n) is 4.56. The molecule has 1 saturated heterocycles. The summed E-state index contributed by atoms with van der Waals surface area (Å²) in [5.41, 5.74) is -1.31. The Kier molecular flexibility index (Phi) is 6.34. The summed E-state index contributed by atoms with van der Waals surface area (Å²) in [6.07, 6.45) is 2.88. The normalized spacial score (nSPS) is 27.3. The molecule has 5 rings (SSSR count). The van der Waals surface area contributed by atoms with Crippen LogP contribution in [0, 0.1) is 5.92 Å². The molecule has 2 heterocycles. The lowest BCUT2D eigenvalue weighted by Gasteiger charge is -2.21. The van der Waals surface area contributed by atoms with Gasteiger partial charge >= 0.3 is 0 Å². The third kappa shape index (κ3) is 4.74. The number of amides is 2. The first kappa shape index (κ1) is 24.8. The van der Waals surface area contributed by atoms with E-state index in [4.69, 9.17) is 21.1 Å². The molecule has 2 saturated carbocycles. The van der Waals surface area contributed by atoms with E-state index in [2.05, 4.69) is 26.9 Å². The van der Waals surface area contributed by atoms with Gasteiger partial charge in [-0.1, -0.05) is 17.7 Å². The number of carbonyl (C=O) groups excluding carboxylic acids is 2. The maximum atomic E-state index is 13.1. The number of halogens is 1. The Labute approximate surface area is 213 Å². The smallest absolute Gasteiger partial charge is 0.259 e. The SMILES string of the molecule is C=C[C@@H]1C[C@]1(NC(=O)[C@@H]1C[C@@H](Oc2nc(Cl)cc3cc(OC)ccc23)CN1)C(=O)NS(=O)(=O)C1CC1. The number of fused-ring (bicyclic) bond motifs is 1. The average molecular weight is 535 g/mol. The van der Waals surface area contributed by atoms with Crippen molar-refractivity contribution in [3.8, 4) is 11.6 Å². The summed E-state index contributed by atoms with van der Waals surface area (Å²) in [4.78, 5) is 30.3. The lowest BCUT2D eigenvalue weighted by molar-refractivity contribution is -0.130. The molecule has 10 nitrogen and oxygen atoms in total. The summed E-state index contributed by atoms with van der Waals surface area (Å²) in [5, 5.41) is 7.18. The first-order chi connectivity index (χ1) is 17.1. The minimum absolute atomic E-state index is 0.268. The van der Waals surface area contributed by atoms with E-state index in [9.17, 15) is 18.0 Å². The zero-order chi connectivity index (χ0) is 25.7. The van der Waals surface area contributed by atoms with Crippen LogP contribution in [-0.4, -0.2) is 61.8 Å². The van der Waals surface area contributed by atoms with Crippen molar-refractivity contribution in [3.63, 3.8) is 0 Å². The van der Waals surface area contributed by atoms with E-state index in [1.807, 2.05) is 12.1 Å². The van der Waals surface area contributed by atoms with E-state index >= 15 is 0 Å². The first-order valence-electron chi connectivity index (χ1n) is 11.7. The number of nitrogens with zero attached hydrogens (tertiary/aromatic N) is 1. The van der Waals surface area contributed by atoms with Gasteiger partial charge in [0.1, 0.15) is 22.5 Å². The molecule has 2 aromatic rings. The number of ether oxygens (including phenoxy) is 2. The van der Waals surface area contributed by atoms with Crippen LogP contribution in [0.3, 0.4) is 0 Å². The maximum Gasteiger partial charge on any atom is 0.259 e. The highest BCUT2D eigenvalue weighted by molar-refractivity contribution is 7.91. The number of pyridine rings is 1. The predicted molar refractivity (Wildman–Crippen MR) is 133 cm³/mol. The molecule has 0 unspecified atom stereocenters. The van der Waals surface area contributed by atoms with Crippen molar-refractivity contribution in [2.45, 2.75) is 48.6 Å². The Morgan fingerprint density at radius 2 is 2.08 bits per heavy atom. The van der Waals surface area contributed by atoms with Crippen LogP contribution in [0.2, 0.25) is 5.15 Å². The van der Waals surface area contributed by atoms with Crippen LogP contribution in [0.25, 0.3) is 10.8 Å². The molecule has 4 atom stereocenters. The van der Waals surface area contributed by atoms with Crippen LogP contribution < -0.4 is 24.8 Å². The monoisotopic (exact) mass is 534 g/mol. The number of hydrogen-bond acceptors (Lipinski definition) is 8. The molecule has 0 spiro atoms. The number of carbonyl (C=O) groups is 2. The summed E-state index contributed by atoms with van der Waals surface area (Å²) in [7, 11) is -2.15. The summed E-state index contributed by atoms with van der Waals surface area (Å²) in [6, 6.07) is 6.55. The Balaban J connectivity index is 1.25. The summed E-state index contributed by atoms with van der Waals surface area (Å²) >= 11 is 6.19. The van der Waals surface area contributed by atoms with E-state index in [0.717, 1.165) is 10.8 Å². The van der Waals surface area contributed by atoms with Crippen LogP contribution in [0.1, 0.15) is 25.7 Å². The number of benzene rings is 1. The van der Waals surface area contributed by atoms with E-state index < -0.39 is 38.7 Å². The van der Waals surface area contributed by atoms with E-state index in [-0.39, 0.29) is 17.2 Å². The van der Waals surface area contributed by atoms with Crippen LogP contribution in [0.4, 0.5) is 0 Å². The van der Waals surface area contributed by atoms with Gasteiger partial charge in [0.15, 0.2) is 0 Å². The van der Waals surface area contributed by atoms with Crippen LogP contribution in [-0.2, 0) is 19.6 Å². The molecule has 3 aliphatic rings. The van der Waals surface area contributed by atoms with Gasteiger partial charge in [-0.15, -0.1) is 6.58 Å². The first-order valence-corrected chi connectivity index (χ1v) is 13.6. The minimum atomic E-state index is -3.73. The molecule has 0 bridgehead atoms. The van der Waals surface area contributed by atoms with Crippen molar-refractivity contribution in [2.75, 3.05) is 13.7 Å². The van der Waals surface area contributed by atoms with Crippen LogP contribution in [0.5, 0.6) is 11.6 Å². The molecule has 192 valence electrons. The number of aromatic nitrogens is 1. The molecule has 1 aliphatic heterocycles. The highest BCUT2D eigenvalue weighted by Crippen LogP contribution is 2.45. The van der Waals surface area contributed by atoms with Gasteiger partial charge in [-0.2, -0.15) is 0 Å². The molecule has 3 fully saturated rings. The molecular weight excluding hydrogens is 508 g/mol. The summed E-state index contributed by atoms with van der Waals surface area (Å²) < 4.78 is 38.0. The molecular formula is C24H27ClN4O6S. The van der Waals surface area contributed by atoms with Crippen molar-refractivity contribution < 1.29 is 27.5 Å². The number of hydrogen-bond donors (Lipinski definition) is 3. The largest absolute Gasteiger partial charge is 0.497 e. The van der Waals surface area contributed by atoms with E-state index in [0.29, 0.717) is 43.9 Å². The van der Waals surface area contributed by atoms with Gasteiger partial charge in [0, 0.05) is 24.3 Å². The minimum Gasteiger partial charge on any atom is -0.497 e. The number of rotatable bonds is 9. The second-order valence-electron chi connectivity index (χ2n) is 9.46. The molecule has 2 amide bonds. The quantitative estimate of drug-likeness (QED) is 0.326. The van der Waals surface area contributed by atoms with Crippen molar-refractivity contribution >= 4 is 44.2 Å². The fourth-order valence-corrected chi connectivity index (χ4v) is 6.12. The van der Waals surface area contributed by atoms with Crippen molar-refractivity contribution in [2.24, 2.45) is 5.92 Å². The van der Waals surface area contributed by atoms with Gasteiger partial charge in [0.2, 0.25) is 21.8 Å². The zero-order valence-corrected chi connectivity index (χ0v) is 21.2. The Morgan fingerprint density at radius 3 is 2.75 bits per heavy atom. The molecule has 2 aliphatic carbocycles. The summed E-state index contributed by atoms with van der Waals surface area (Å²) in [6.45, 7) is 4.09. The van der Waals surface area contributed by atoms with Gasteiger partial charge in [0.05, 0.1) is 18.4 Å². The molecule has 1 aromatic heterocycles. The molecule has 1 aromatic carbocycles.